The first-order valence-corrected chi connectivity index (χ1v) is 8.79. The summed E-state index contributed by atoms with van der Waals surface area (Å²) in [6, 6.07) is 12.5. The van der Waals surface area contributed by atoms with Gasteiger partial charge in [-0.05, 0) is 36.8 Å². The molecule has 28 heavy (non-hydrogen) atoms. The van der Waals surface area contributed by atoms with Crippen LogP contribution in [0.1, 0.15) is 29.3 Å². The molecular formula is C20H18FN5O2. The average molecular weight is 379 g/mol. The lowest BCUT2D eigenvalue weighted by molar-refractivity contribution is -0.384. The smallest absolute Gasteiger partial charge is 0.269 e. The lowest BCUT2D eigenvalue weighted by Gasteiger charge is -2.23. The molecule has 0 aliphatic carbocycles. The zero-order valence-electron chi connectivity index (χ0n) is 15.4. The third-order valence-corrected chi connectivity index (χ3v) is 5.05. The summed E-state index contributed by atoms with van der Waals surface area (Å²) in [5.41, 5.74) is 4.49. The average Bonchev–Trinajstić information content (AvgIpc) is 3.26. The molecule has 0 unspecified atom stereocenters. The van der Waals surface area contributed by atoms with E-state index in [0.29, 0.717) is 6.42 Å². The molecule has 2 aromatic carbocycles. The molecule has 1 atom stereocenters. The summed E-state index contributed by atoms with van der Waals surface area (Å²) in [7, 11) is 1.88. The van der Waals surface area contributed by atoms with E-state index in [1.54, 1.807) is 28.9 Å². The van der Waals surface area contributed by atoms with Gasteiger partial charge in [-0.25, -0.2) is 4.39 Å². The molecule has 0 spiro atoms. The van der Waals surface area contributed by atoms with Crippen molar-refractivity contribution < 1.29 is 9.31 Å². The van der Waals surface area contributed by atoms with Gasteiger partial charge in [0.05, 0.1) is 28.6 Å². The third kappa shape index (κ3) is 3.13. The van der Waals surface area contributed by atoms with Crippen LogP contribution >= 0.6 is 0 Å². The van der Waals surface area contributed by atoms with Crippen LogP contribution in [0.2, 0.25) is 0 Å². The standard InChI is InChI=1S/C20H18FN5O2/c1-13-18(12-22-24(13)2)20-11-19(14-3-5-15(21)6-4-14)23-25(20)16-7-9-17(10-8-16)26(27)28/h3-10,12,20H,11H2,1-2H3/t20-/m0/s1. The quantitative estimate of drug-likeness (QED) is 0.504. The first kappa shape index (κ1) is 17.8. The second-order valence-electron chi connectivity index (χ2n) is 6.70. The largest absolute Gasteiger partial charge is 0.273 e. The van der Waals surface area contributed by atoms with Crippen molar-refractivity contribution in [1.82, 2.24) is 9.78 Å². The molecule has 142 valence electrons. The fraction of sp³-hybridized carbons (Fsp3) is 0.200. The molecule has 0 fully saturated rings. The lowest BCUT2D eigenvalue weighted by Crippen LogP contribution is -2.19. The Morgan fingerprint density at radius 2 is 1.82 bits per heavy atom. The van der Waals surface area contributed by atoms with Crippen LogP contribution in [0, 0.1) is 22.9 Å². The molecule has 0 amide bonds. The topological polar surface area (TPSA) is 76.6 Å². The summed E-state index contributed by atoms with van der Waals surface area (Å²) in [4.78, 5) is 10.5. The number of non-ortho nitro benzene ring substituents is 1. The zero-order valence-corrected chi connectivity index (χ0v) is 15.4. The Morgan fingerprint density at radius 3 is 2.39 bits per heavy atom. The van der Waals surface area contributed by atoms with Crippen LogP contribution in [0.5, 0.6) is 0 Å². The maximum atomic E-state index is 13.3. The Morgan fingerprint density at radius 1 is 1.14 bits per heavy atom. The summed E-state index contributed by atoms with van der Waals surface area (Å²) < 4.78 is 15.1. The van der Waals surface area contributed by atoms with Gasteiger partial charge in [-0.2, -0.15) is 10.2 Å². The van der Waals surface area contributed by atoms with Crippen LogP contribution in [0.25, 0.3) is 0 Å². The summed E-state index contributed by atoms with van der Waals surface area (Å²) in [6.45, 7) is 1.99. The Bertz CT molecular complexity index is 1060. The van der Waals surface area contributed by atoms with Crippen molar-refractivity contribution in [3.8, 4) is 0 Å². The van der Waals surface area contributed by atoms with Crippen molar-refractivity contribution in [2.24, 2.45) is 12.1 Å². The monoisotopic (exact) mass is 379 g/mol. The summed E-state index contributed by atoms with van der Waals surface area (Å²) in [5.74, 6) is -0.297. The maximum absolute atomic E-state index is 13.3. The predicted octanol–water partition coefficient (Wildman–Crippen LogP) is 4.13. The molecule has 0 radical (unpaired) electrons. The number of hydrogen-bond donors (Lipinski definition) is 0. The van der Waals surface area contributed by atoms with Gasteiger partial charge in [0.25, 0.3) is 5.69 Å². The number of halogens is 1. The van der Waals surface area contributed by atoms with Gasteiger partial charge >= 0.3 is 0 Å². The van der Waals surface area contributed by atoms with Gasteiger partial charge in [0.2, 0.25) is 0 Å². The van der Waals surface area contributed by atoms with Crippen molar-refractivity contribution in [1.29, 1.82) is 0 Å². The van der Waals surface area contributed by atoms with Gasteiger partial charge in [-0.15, -0.1) is 0 Å². The van der Waals surface area contributed by atoms with Gasteiger partial charge in [-0.3, -0.25) is 19.8 Å². The zero-order chi connectivity index (χ0) is 19.8. The number of nitro benzene ring substituents is 1. The van der Waals surface area contributed by atoms with Crippen molar-refractivity contribution in [3.05, 3.63) is 87.5 Å². The van der Waals surface area contributed by atoms with E-state index in [2.05, 4.69) is 5.10 Å². The summed E-state index contributed by atoms with van der Waals surface area (Å²) >= 11 is 0. The first-order valence-electron chi connectivity index (χ1n) is 8.79. The number of anilines is 1. The van der Waals surface area contributed by atoms with Crippen LogP contribution in [0.3, 0.4) is 0 Å². The van der Waals surface area contributed by atoms with Gasteiger partial charge in [-0.1, -0.05) is 12.1 Å². The highest BCUT2D eigenvalue weighted by molar-refractivity contribution is 6.03. The Kier molecular flexibility index (Phi) is 4.38. The molecule has 0 bridgehead atoms. The predicted molar refractivity (Wildman–Crippen MR) is 104 cm³/mol. The van der Waals surface area contributed by atoms with E-state index < -0.39 is 4.92 Å². The Hall–Kier alpha value is -3.55. The van der Waals surface area contributed by atoms with Crippen LogP contribution in [-0.4, -0.2) is 20.4 Å². The van der Waals surface area contributed by atoms with Crippen molar-refractivity contribution >= 4 is 17.1 Å². The molecule has 7 nitrogen and oxygen atoms in total. The van der Waals surface area contributed by atoms with Crippen LogP contribution < -0.4 is 5.01 Å². The molecular weight excluding hydrogens is 361 g/mol. The second-order valence-corrected chi connectivity index (χ2v) is 6.70. The van der Waals surface area contributed by atoms with E-state index in [-0.39, 0.29) is 17.5 Å². The van der Waals surface area contributed by atoms with E-state index >= 15 is 0 Å². The molecule has 3 aromatic rings. The molecule has 2 heterocycles. The van der Waals surface area contributed by atoms with E-state index in [1.165, 1.54) is 24.3 Å². The van der Waals surface area contributed by atoms with Crippen molar-refractivity contribution in [2.45, 2.75) is 19.4 Å². The minimum Gasteiger partial charge on any atom is -0.273 e. The first-order chi connectivity index (χ1) is 13.4. The molecule has 1 aliphatic rings. The third-order valence-electron chi connectivity index (χ3n) is 5.05. The summed E-state index contributed by atoms with van der Waals surface area (Å²) in [5, 5.41) is 21.9. The number of nitro groups is 1. The summed E-state index contributed by atoms with van der Waals surface area (Å²) in [6.07, 6.45) is 2.44. The van der Waals surface area contributed by atoms with Crippen molar-refractivity contribution in [3.63, 3.8) is 0 Å². The van der Waals surface area contributed by atoms with E-state index in [0.717, 1.165) is 28.2 Å². The Balaban J connectivity index is 1.75. The minimum atomic E-state index is -0.427. The Labute approximate surface area is 160 Å². The number of nitrogens with zero attached hydrogens (tertiary/aromatic N) is 5. The fourth-order valence-corrected chi connectivity index (χ4v) is 3.38. The highest BCUT2D eigenvalue weighted by Crippen LogP contribution is 2.38. The van der Waals surface area contributed by atoms with Crippen LogP contribution in [0.15, 0.2) is 59.8 Å². The molecule has 8 heteroatoms. The second kappa shape index (κ2) is 6.88. The minimum absolute atomic E-state index is 0.0276. The van der Waals surface area contributed by atoms with Gasteiger partial charge in [0.15, 0.2) is 0 Å². The number of hydrazone groups is 1. The fourth-order valence-electron chi connectivity index (χ4n) is 3.38. The SMILES string of the molecule is Cc1c([C@@H]2CC(c3ccc(F)cc3)=NN2c2ccc([N+](=O)[O-])cc2)cnn1C. The number of aromatic nitrogens is 2. The van der Waals surface area contributed by atoms with E-state index in [9.17, 15) is 14.5 Å². The molecule has 1 aliphatic heterocycles. The number of rotatable bonds is 4. The van der Waals surface area contributed by atoms with Gasteiger partial charge in [0, 0.05) is 36.9 Å². The highest BCUT2D eigenvalue weighted by atomic mass is 19.1. The normalized spacial score (nSPS) is 16.3. The van der Waals surface area contributed by atoms with E-state index in [4.69, 9.17) is 5.10 Å². The van der Waals surface area contributed by atoms with Crippen molar-refractivity contribution in [2.75, 3.05) is 5.01 Å². The van der Waals surface area contributed by atoms with Gasteiger partial charge < -0.3 is 0 Å². The van der Waals surface area contributed by atoms with Gasteiger partial charge in [0.1, 0.15) is 5.82 Å². The molecule has 0 saturated carbocycles. The number of benzene rings is 2. The van der Waals surface area contributed by atoms with Crippen LogP contribution in [0.4, 0.5) is 15.8 Å². The molecule has 0 saturated heterocycles. The van der Waals surface area contributed by atoms with Crippen LogP contribution in [-0.2, 0) is 7.05 Å². The maximum Gasteiger partial charge on any atom is 0.269 e. The highest BCUT2D eigenvalue weighted by Gasteiger charge is 2.32. The molecule has 1 aromatic heterocycles. The number of aryl methyl sites for hydroxylation is 1. The molecule has 4 rings (SSSR count). The van der Waals surface area contributed by atoms with E-state index in [1.807, 2.05) is 25.2 Å². The lowest BCUT2D eigenvalue weighted by atomic mass is 9.98. The molecule has 0 N–H and O–H groups in total. The number of hydrogen-bond acceptors (Lipinski definition) is 5.